The molecule has 0 aromatic rings. The van der Waals surface area contributed by atoms with E-state index < -0.39 is 159 Å². The summed E-state index contributed by atoms with van der Waals surface area (Å²) in [5.41, 5.74) is -1.20. The molecule has 9 aliphatic rings. The van der Waals surface area contributed by atoms with E-state index in [9.17, 15) is 66.4 Å². The minimum Gasteiger partial charge on any atom is -0.432 e. The SMILES string of the molecule is CC1OC(OCC2OC(OC(=O)C34CCC(C)(C)CC3C3=CCC5C6(C)CCC(OC7OC(CO)C(O)C(O)C7O)C(C)(C)C6CCC5(C)C3(C)CC4)C(OC3OC(CO)C(O)C(O)C3O)C(O)C2O)C(O)C(O)C1O. The number of carbonyl (C=O) groups excluding carboxylic acids is 1. The molecule has 13 N–H and O–H groups in total. The van der Waals surface area contributed by atoms with Gasteiger partial charge in [0.25, 0.3) is 0 Å². The van der Waals surface area contributed by atoms with Crippen molar-refractivity contribution in [3.05, 3.63) is 11.6 Å². The molecule has 0 amide bonds. The third-order valence-electron chi connectivity index (χ3n) is 21.4. The first-order chi connectivity index (χ1) is 35.5. The summed E-state index contributed by atoms with van der Waals surface area (Å²) in [6.45, 7) is 15.5. The van der Waals surface area contributed by atoms with Gasteiger partial charge in [-0.2, -0.15) is 0 Å². The topological polar surface area (TPSA) is 354 Å². The molecular formula is C54H88O22. The molecule has 22 nitrogen and oxygen atoms in total. The molecule has 4 aliphatic heterocycles. The van der Waals surface area contributed by atoms with Gasteiger partial charge in [0.15, 0.2) is 25.0 Å². The number of hydrogen-bond acceptors (Lipinski definition) is 22. The van der Waals surface area contributed by atoms with Gasteiger partial charge in [0.1, 0.15) is 85.5 Å². The summed E-state index contributed by atoms with van der Waals surface area (Å²) in [6, 6.07) is 0. The summed E-state index contributed by atoms with van der Waals surface area (Å²) in [5, 5.41) is 139. The van der Waals surface area contributed by atoms with Crippen molar-refractivity contribution < 1.29 is 109 Å². The number of aliphatic hydroxyl groups is 13. The predicted octanol–water partition coefficient (Wildman–Crippen LogP) is -1.01. The van der Waals surface area contributed by atoms with Gasteiger partial charge < -0.3 is 104 Å². The molecule has 0 radical (unpaired) electrons. The molecule has 8 fully saturated rings. The van der Waals surface area contributed by atoms with Crippen LogP contribution in [-0.4, -0.2) is 221 Å². The van der Waals surface area contributed by atoms with E-state index in [0.717, 1.165) is 25.7 Å². The maximum absolute atomic E-state index is 15.6. The number of rotatable bonds is 11. The van der Waals surface area contributed by atoms with Crippen LogP contribution in [0.2, 0.25) is 0 Å². The van der Waals surface area contributed by atoms with Crippen molar-refractivity contribution in [2.75, 3.05) is 19.8 Å². The third kappa shape index (κ3) is 9.57. The normalized spacial score (nSPS) is 54.0. The first-order valence-corrected chi connectivity index (χ1v) is 27.7. The zero-order chi connectivity index (χ0) is 55.6. The van der Waals surface area contributed by atoms with Gasteiger partial charge in [-0.3, -0.25) is 4.79 Å². The lowest BCUT2D eigenvalue weighted by Crippen LogP contribution is -2.67. The number of aliphatic hydroxyl groups excluding tert-OH is 13. The molecule has 9 rings (SSSR count). The zero-order valence-corrected chi connectivity index (χ0v) is 45.1. The maximum Gasteiger partial charge on any atom is 0.315 e. The molecule has 76 heavy (non-hydrogen) atoms. The summed E-state index contributed by atoms with van der Waals surface area (Å²) >= 11 is 0. The summed E-state index contributed by atoms with van der Waals surface area (Å²) in [5.74, 6) is -0.505. The molecule has 4 heterocycles. The standard InChI is InChI=1S/C54H88O22/c1-23-32(57)36(61)40(65)44(70-23)69-22-28-35(60)39(64)43(75-46-42(67)38(63)34(59)27(21-56)72-46)47(73-28)76-48(68)54-17-15-49(2,3)19-25(54)24-9-10-30-51(6)13-12-31(74-45-41(66)37(62)33(58)26(20-55)71-45)50(4,5)29(51)11-14-53(30,8)52(24,7)16-18-54/h9,23,25-47,55-67H,10-22H2,1-8H3. The Morgan fingerprint density at radius 2 is 1.13 bits per heavy atom. The van der Waals surface area contributed by atoms with Gasteiger partial charge in [-0.25, -0.2) is 0 Å². The summed E-state index contributed by atoms with van der Waals surface area (Å²) in [6.07, 6.45) is -22.9. The first kappa shape index (κ1) is 59.0. The second-order valence-electron chi connectivity index (χ2n) is 26.3. The molecule has 28 atom stereocenters. The van der Waals surface area contributed by atoms with Crippen LogP contribution in [0.3, 0.4) is 0 Å². The molecule has 4 saturated carbocycles. The number of esters is 1. The molecule has 0 aromatic carbocycles. The molecule has 436 valence electrons. The third-order valence-corrected chi connectivity index (χ3v) is 21.4. The highest BCUT2D eigenvalue weighted by atomic mass is 16.8. The average molecular weight is 1090 g/mol. The molecule has 22 heteroatoms. The van der Waals surface area contributed by atoms with Crippen molar-refractivity contribution >= 4 is 5.97 Å². The van der Waals surface area contributed by atoms with Crippen LogP contribution in [0, 0.1) is 50.2 Å². The number of allylic oxidation sites excluding steroid dienone is 2. The van der Waals surface area contributed by atoms with E-state index in [0.29, 0.717) is 38.5 Å². The van der Waals surface area contributed by atoms with E-state index in [-0.39, 0.29) is 45.5 Å². The van der Waals surface area contributed by atoms with Gasteiger partial charge >= 0.3 is 5.97 Å². The van der Waals surface area contributed by atoms with Crippen LogP contribution >= 0.6 is 0 Å². The minimum atomic E-state index is -1.95. The van der Waals surface area contributed by atoms with Crippen LogP contribution in [0.5, 0.6) is 0 Å². The molecule has 0 aromatic heterocycles. The number of hydrogen-bond donors (Lipinski definition) is 13. The molecule has 4 saturated heterocycles. The highest BCUT2D eigenvalue weighted by Crippen LogP contribution is 2.76. The second-order valence-corrected chi connectivity index (χ2v) is 26.3. The quantitative estimate of drug-likeness (QED) is 0.0670. The number of carbonyl (C=O) groups is 1. The molecule has 28 unspecified atom stereocenters. The van der Waals surface area contributed by atoms with Crippen molar-refractivity contribution in [1.29, 1.82) is 0 Å². The van der Waals surface area contributed by atoms with Crippen LogP contribution in [-0.2, 0) is 42.7 Å². The summed E-state index contributed by atoms with van der Waals surface area (Å²) in [4.78, 5) is 15.6. The van der Waals surface area contributed by atoms with E-state index in [1.54, 1.807) is 0 Å². The van der Waals surface area contributed by atoms with Crippen molar-refractivity contribution in [3.8, 4) is 0 Å². The lowest BCUT2D eigenvalue weighted by atomic mass is 9.33. The van der Waals surface area contributed by atoms with Crippen molar-refractivity contribution in [1.82, 2.24) is 0 Å². The highest BCUT2D eigenvalue weighted by Gasteiger charge is 2.70. The molecular weight excluding hydrogens is 1000 g/mol. The van der Waals surface area contributed by atoms with Gasteiger partial charge in [-0.15, -0.1) is 0 Å². The van der Waals surface area contributed by atoms with Gasteiger partial charge in [0.05, 0.1) is 37.4 Å². The van der Waals surface area contributed by atoms with E-state index in [1.165, 1.54) is 12.5 Å². The van der Waals surface area contributed by atoms with Crippen LogP contribution in [0.1, 0.15) is 120 Å². The van der Waals surface area contributed by atoms with E-state index in [4.69, 9.17) is 37.9 Å². The monoisotopic (exact) mass is 1090 g/mol. The van der Waals surface area contributed by atoms with Gasteiger partial charge in [-0.1, -0.05) is 60.1 Å². The lowest BCUT2D eigenvalue weighted by molar-refractivity contribution is -0.368. The largest absolute Gasteiger partial charge is 0.432 e. The Balaban J connectivity index is 0.988. The van der Waals surface area contributed by atoms with Crippen LogP contribution < -0.4 is 0 Å². The zero-order valence-electron chi connectivity index (χ0n) is 45.1. The van der Waals surface area contributed by atoms with Gasteiger partial charge in [-0.05, 0) is 116 Å². The highest BCUT2D eigenvalue weighted by molar-refractivity contribution is 5.79. The second kappa shape index (κ2) is 21.3. The van der Waals surface area contributed by atoms with Crippen LogP contribution in [0.4, 0.5) is 0 Å². The Labute approximate surface area is 444 Å². The Morgan fingerprint density at radius 1 is 0.579 bits per heavy atom. The van der Waals surface area contributed by atoms with E-state index in [1.807, 2.05) is 0 Å². The predicted molar refractivity (Wildman–Crippen MR) is 261 cm³/mol. The molecule has 0 spiro atoms. The smallest absolute Gasteiger partial charge is 0.315 e. The number of fused-ring (bicyclic) bond motifs is 7. The fourth-order valence-electron chi connectivity index (χ4n) is 16.4. The Kier molecular flexibility index (Phi) is 16.6. The van der Waals surface area contributed by atoms with E-state index >= 15 is 4.79 Å². The lowest BCUT2D eigenvalue weighted by Gasteiger charge is -2.71. The minimum absolute atomic E-state index is 0.156. The number of ether oxygens (including phenoxy) is 8. The molecule has 0 bridgehead atoms. The van der Waals surface area contributed by atoms with Crippen LogP contribution in [0.15, 0.2) is 11.6 Å². The van der Waals surface area contributed by atoms with E-state index in [2.05, 4.69) is 54.5 Å². The summed E-state index contributed by atoms with van der Waals surface area (Å²) in [7, 11) is 0. The first-order valence-electron chi connectivity index (χ1n) is 27.7. The van der Waals surface area contributed by atoms with Crippen molar-refractivity contribution in [3.63, 3.8) is 0 Å². The Morgan fingerprint density at radius 3 is 1.75 bits per heavy atom. The van der Waals surface area contributed by atoms with Gasteiger partial charge in [0, 0.05) is 0 Å². The Bertz CT molecular complexity index is 2090. The maximum atomic E-state index is 15.6. The summed E-state index contributed by atoms with van der Waals surface area (Å²) < 4.78 is 48.1. The molecule has 5 aliphatic carbocycles. The van der Waals surface area contributed by atoms with Crippen molar-refractivity contribution in [2.45, 2.75) is 249 Å². The fourth-order valence-corrected chi connectivity index (χ4v) is 16.4. The van der Waals surface area contributed by atoms with Crippen LogP contribution in [0.25, 0.3) is 0 Å². The van der Waals surface area contributed by atoms with Gasteiger partial charge in [0.2, 0.25) is 6.29 Å². The average Bonchev–Trinajstić information content (AvgIpc) is 3.39. The van der Waals surface area contributed by atoms with Crippen molar-refractivity contribution in [2.24, 2.45) is 50.2 Å². The fraction of sp³-hybridized carbons (Fsp3) is 0.944. The Hall–Kier alpha value is -1.59.